The van der Waals surface area contributed by atoms with Gasteiger partial charge in [0.25, 0.3) is 0 Å². The Hall–Kier alpha value is -1.26. The number of aromatic nitrogens is 1. The van der Waals surface area contributed by atoms with Crippen molar-refractivity contribution < 1.29 is 4.74 Å². The second kappa shape index (κ2) is 5.47. The average molecular weight is 257 g/mol. The molecule has 5 nitrogen and oxygen atoms in total. The molecule has 0 aliphatic heterocycles. The van der Waals surface area contributed by atoms with Gasteiger partial charge in [0.2, 0.25) is 0 Å². The van der Waals surface area contributed by atoms with Crippen molar-refractivity contribution in [3.63, 3.8) is 0 Å². The van der Waals surface area contributed by atoms with E-state index in [4.69, 9.17) is 10.3 Å². The molecular weight excluding hydrogens is 248 g/mol. The molecule has 0 saturated heterocycles. The first-order valence-corrected chi connectivity index (χ1v) is 4.76. The zero-order valence-corrected chi connectivity index (χ0v) is 9.23. The van der Waals surface area contributed by atoms with Gasteiger partial charge in [0, 0.05) is 27.7 Å². The molecule has 14 heavy (non-hydrogen) atoms. The molecule has 0 amide bonds. The van der Waals surface area contributed by atoms with Crippen molar-refractivity contribution in [1.29, 1.82) is 0 Å². The molecule has 0 atom stereocenters. The Balaban J connectivity index is 2.87. The van der Waals surface area contributed by atoms with E-state index in [9.17, 15) is 0 Å². The molecule has 1 aromatic rings. The summed E-state index contributed by atoms with van der Waals surface area (Å²) < 4.78 is 6.00. The third-order valence-corrected chi connectivity index (χ3v) is 2.39. The third kappa shape index (κ3) is 2.61. The van der Waals surface area contributed by atoms with Crippen molar-refractivity contribution in [3.05, 3.63) is 32.9 Å². The second-order valence-electron chi connectivity index (χ2n) is 2.51. The van der Waals surface area contributed by atoms with Crippen LogP contribution in [-0.2, 0) is 6.42 Å². The molecule has 0 saturated carbocycles. The number of methoxy groups -OCH3 is 1. The molecule has 0 spiro atoms. The number of hydrogen-bond donors (Lipinski definition) is 0. The van der Waals surface area contributed by atoms with Crippen LogP contribution in [0.15, 0.2) is 22.0 Å². The minimum absolute atomic E-state index is 0.412. The van der Waals surface area contributed by atoms with Gasteiger partial charge in [-0.1, -0.05) is 5.11 Å². The monoisotopic (exact) mass is 256 g/mol. The summed E-state index contributed by atoms with van der Waals surface area (Å²) in [5.74, 6) is 0.701. The molecule has 0 aliphatic rings. The maximum absolute atomic E-state index is 8.14. The second-order valence-corrected chi connectivity index (χ2v) is 3.36. The Morgan fingerprint density at radius 1 is 1.64 bits per heavy atom. The lowest BCUT2D eigenvalue weighted by atomic mass is 10.2. The van der Waals surface area contributed by atoms with Gasteiger partial charge in [-0.25, -0.2) is 0 Å². The van der Waals surface area contributed by atoms with Crippen LogP contribution in [0.4, 0.5) is 0 Å². The standard InChI is InChI=1S/C8H9BrN4O/c1-14-8-5-11-4-7(9)6(8)2-3-12-13-10/h4-5H,2-3H2,1H3. The van der Waals surface area contributed by atoms with Crippen LogP contribution in [0.5, 0.6) is 5.75 Å². The third-order valence-electron chi connectivity index (χ3n) is 1.71. The topological polar surface area (TPSA) is 70.9 Å². The first-order valence-electron chi connectivity index (χ1n) is 3.96. The first kappa shape index (κ1) is 10.8. The molecule has 1 rings (SSSR count). The van der Waals surface area contributed by atoms with E-state index in [2.05, 4.69) is 30.9 Å². The van der Waals surface area contributed by atoms with Crippen LogP contribution in [0.2, 0.25) is 0 Å². The van der Waals surface area contributed by atoms with Gasteiger partial charge >= 0.3 is 0 Å². The zero-order chi connectivity index (χ0) is 10.4. The van der Waals surface area contributed by atoms with Crippen molar-refractivity contribution in [3.8, 4) is 5.75 Å². The van der Waals surface area contributed by atoms with Crippen LogP contribution in [-0.4, -0.2) is 18.6 Å². The SMILES string of the molecule is COc1cncc(Br)c1CCN=[N+]=[N-]. The average Bonchev–Trinajstić information content (AvgIpc) is 2.20. The van der Waals surface area contributed by atoms with Crippen LogP contribution < -0.4 is 4.74 Å². The summed E-state index contributed by atoms with van der Waals surface area (Å²) in [7, 11) is 1.58. The number of halogens is 1. The highest BCUT2D eigenvalue weighted by atomic mass is 79.9. The van der Waals surface area contributed by atoms with Crippen LogP contribution >= 0.6 is 15.9 Å². The highest BCUT2D eigenvalue weighted by Gasteiger charge is 2.06. The van der Waals surface area contributed by atoms with Gasteiger partial charge < -0.3 is 4.74 Å². The number of azide groups is 1. The molecule has 0 aliphatic carbocycles. The smallest absolute Gasteiger partial charge is 0.141 e. The molecule has 0 unspecified atom stereocenters. The van der Waals surface area contributed by atoms with Crippen LogP contribution in [0.25, 0.3) is 10.4 Å². The van der Waals surface area contributed by atoms with Gasteiger partial charge in [0.05, 0.1) is 13.3 Å². The number of rotatable bonds is 4. The lowest BCUT2D eigenvalue weighted by Gasteiger charge is -2.07. The van der Waals surface area contributed by atoms with E-state index in [-0.39, 0.29) is 0 Å². The van der Waals surface area contributed by atoms with Crippen molar-refractivity contribution in [2.45, 2.75) is 6.42 Å². The Morgan fingerprint density at radius 2 is 2.43 bits per heavy atom. The van der Waals surface area contributed by atoms with Gasteiger partial charge in [0.1, 0.15) is 5.75 Å². The maximum atomic E-state index is 8.14. The summed E-state index contributed by atoms with van der Waals surface area (Å²) in [6, 6.07) is 0. The summed E-state index contributed by atoms with van der Waals surface area (Å²) in [6.45, 7) is 0.412. The highest BCUT2D eigenvalue weighted by molar-refractivity contribution is 9.10. The largest absolute Gasteiger partial charge is 0.495 e. The van der Waals surface area contributed by atoms with Crippen molar-refractivity contribution in [2.75, 3.05) is 13.7 Å². The van der Waals surface area contributed by atoms with Crippen LogP contribution in [0, 0.1) is 0 Å². The molecular formula is C8H9BrN4O. The van der Waals surface area contributed by atoms with Crippen molar-refractivity contribution in [1.82, 2.24) is 4.98 Å². The van der Waals surface area contributed by atoms with Crippen LogP contribution in [0.1, 0.15) is 5.56 Å². The van der Waals surface area contributed by atoms with Gasteiger partial charge in [-0.05, 0) is 27.9 Å². The van der Waals surface area contributed by atoms with Gasteiger partial charge in [-0.2, -0.15) is 0 Å². The van der Waals surface area contributed by atoms with Gasteiger partial charge in [-0.15, -0.1) is 0 Å². The number of pyridine rings is 1. The summed E-state index contributed by atoms with van der Waals surface area (Å²) in [4.78, 5) is 6.66. The summed E-state index contributed by atoms with van der Waals surface area (Å²) >= 11 is 3.36. The molecule has 6 heteroatoms. The van der Waals surface area contributed by atoms with E-state index in [1.165, 1.54) is 0 Å². The zero-order valence-electron chi connectivity index (χ0n) is 7.64. The Kier molecular flexibility index (Phi) is 4.22. The Labute approximate surface area is 89.9 Å². The van der Waals surface area contributed by atoms with Gasteiger partial charge in [-0.3, -0.25) is 4.98 Å². The Morgan fingerprint density at radius 3 is 3.07 bits per heavy atom. The quantitative estimate of drug-likeness (QED) is 0.472. The first-order chi connectivity index (χ1) is 6.79. The summed E-state index contributed by atoms with van der Waals surface area (Å²) in [5, 5.41) is 3.47. The minimum Gasteiger partial charge on any atom is -0.495 e. The molecule has 0 N–H and O–H groups in total. The number of ether oxygens (including phenoxy) is 1. The van der Waals surface area contributed by atoms with E-state index in [0.717, 1.165) is 10.0 Å². The fourth-order valence-electron chi connectivity index (χ4n) is 1.07. The van der Waals surface area contributed by atoms with E-state index in [1.54, 1.807) is 19.5 Å². The molecule has 0 radical (unpaired) electrons. The van der Waals surface area contributed by atoms with E-state index >= 15 is 0 Å². The van der Waals surface area contributed by atoms with Gasteiger partial charge in [0.15, 0.2) is 0 Å². The Bertz CT molecular complexity index is 362. The highest BCUT2D eigenvalue weighted by Crippen LogP contribution is 2.25. The minimum atomic E-state index is 0.412. The molecule has 0 bridgehead atoms. The normalized spacial score (nSPS) is 9.29. The van der Waals surface area contributed by atoms with Crippen molar-refractivity contribution >= 4 is 15.9 Å². The maximum Gasteiger partial charge on any atom is 0.141 e. The predicted octanol–water partition coefficient (Wildman–Crippen LogP) is 2.71. The predicted molar refractivity (Wildman–Crippen MR) is 56.2 cm³/mol. The molecule has 1 aromatic heterocycles. The lowest BCUT2D eigenvalue weighted by Crippen LogP contribution is -1.96. The fourth-order valence-corrected chi connectivity index (χ4v) is 1.58. The van der Waals surface area contributed by atoms with E-state index in [1.807, 2.05) is 0 Å². The van der Waals surface area contributed by atoms with E-state index in [0.29, 0.717) is 18.7 Å². The molecule has 0 aromatic carbocycles. The summed E-state index contributed by atoms with van der Waals surface area (Å²) in [5.41, 5.74) is 9.11. The fraction of sp³-hybridized carbons (Fsp3) is 0.375. The molecule has 74 valence electrons. The molecule has 0 fully saturated rings. The number of nitrogens with zero attached hydrogens (tertiary/aromatic N) is 4. The lowest BCUT2D eigenvalue weighted by molar-refractivity contribution is 0.407. The van der Waals surface area contributed by atoms with Crippen molar-refractivity contribution in [2.24, 2.45) is 5.11 Å². The number of hydrogen-bond acceptors (Lipinski definition) is 3. The molecule has 1 heterocycles. The van der Waals surface area contributed by atoms with E-state index < -0.39 is 0 Å². The summed E-state index contributed by atoms with van der Waals surface area (Å²) in [6.07, 6.45) is 3.96. The van der Waals surface area contributed by atoms with Crippen LogP contribution in [0.3, 0.4) is 0 Å².